The second-order valence-corrected chi connectivity index (χ2v) is 6.18. The van der Waals surface area contributed by atoms with Crippen molar-refractivity contribution in [3.8, 4) is 5.75 Å². The maximum absolute atomic E-state index is 13.4. The molecule has 0 saturated heterocycles. The molecule has 0 amide bonds. The zero-order valence-corrected chi connectivity index (χ0v) is 10.0. The summed E-state index contributed by atoms with van der Waals surface area (Å²) in [5.74, 6) is -1.00. The zero-order valence-electron chi connectivity index (χ0n) is 9.19. The smallest absolute Gasteiger partial charge is 0.235 e. The maximum atomic E-state index is 13.4. The number of hydrogen-bond acceptors (Lipinski definition) is 3. The summed E-state index contributed by atoms with van der Waals surface area (Å²) in [5.41, 5.74) is -0.116. The van der Waals surface area contributed by atoms with Crippen LogP contribution < -0.4 is 4.72 Å². The highest BCUT2D eigenvalue weighted by atomic mass is 32.2. The van der Waals surface area contributed by atoms with E-state index in [9.17, 15) is 12.8 Å². The minimum Gasteiger partial charge on any atom is -0.508 e. The Morgan fingerprint density at radius 3 is 2.53 bits per heavy atom. The van der Waals surface area contributed by atoms with Crippen LogP contribution in [0.25, 0.3) is 0 Å². The van der Waals surface area contributed by atoms with E-state index in [4.69, 9.17) is 5.11 Å². The minimum absolute atomic E-state index is 0.116. The van der Waals surface area contributed by atoms with Gasteiger partial charge >= 0.3 is 0 Å². The van der Waals surface area contributed by atoms with E-state index in [0.717, 1.165) is 18.9 Å². The first-order valence-corrected chi connectivity index (χ1v) is 7.04. The summed E-state index contributed by atoms with van der Waals surface area (Å²) < 4.78 is 39.4. The summed E-state index contributed by atoms with van der Waals surface area (Å²) in [4.78, 5) is 0. The van der Waals surface area contributed by atoms with Gasteiger partial charge in [-0.15, -0.1) is 0 Å². The summed E-state index contributed by atoms with van der Waals surface area (Å²) >= 11 is 0. The molecule has 0 spiro atoms. The predicted molar refractivity (Wildman–Crippen MR) is 62.9 cm³/mol. The zero-order chi connectivity index (χ0) is 12.5. The highest BCUT2D eigenvalue weighted by molar-refractivity contribution is 7.93. The summed E-state index contributed by atoms with van der Waals surface area (Å²) in [6, 6.07) is 3.35. The van der Waals surface area contributed by atoms with E-state index in [1.165, 1.54) is 12.1 Å². The molecule has 2 N–H and O–H groups in total. The molecule has 1 aromatic rings. The van der Waals surface area contributed by atoms with E-state index >= 15 is 0 Å². The van der Waals surface area contributed by atoms with Crippen LogP contribution in [0.3, 0.4) is 0 Å². The van der Waals surface area contributed by atoms with Gasteiger partial charge < -0.3 is 5.11 Å². The molecule has 0 heterocycles. The number of phenolic OH excluding ortho intramolecular Hbond substituents is 1. The van der Waals surface area contributed by atoms with Gasteiger partial charge in [0, 0.05) is 6.07 Å². The van der Waals surface area contributed by atoms with Crippen LogP contribution in [0, 0.1) is 5.82 Å². The fourth-order valence-corrected chi connectivity index (χ4v) is 3.61. The van der Waals surface area contributed by atoms with E-state index in [0.29, 0.717) is 12.8 Å². The number of hydrogen-bond donors (Lipinski definition) is 2. The Morgan fingerprint density at radius 2 is 1.94 bits per heavy atom. The van der Waals surface area contributed by atoms with Crippen molar-refractivity contribution >= 4 is 15.7 Å². The first-order chi connectivity index (χ1) is 7.99. The van der Waals surface area contributed by atoms with Gasteiger partial charge in [-0.25, -0.2) is 12.8 Å². The monoisotopic (exact) mass is 259 g/mol. The number of halogens is 1. The van der Waals surface area contributed by atoms with Crippen LogP contribution in [0.15, 0.2) is 18.2 Å². The van der Waals surface area contributed by atoms with Crippen LogP contribution in [-0.4, -0.2) is 18.8 Å². The quantitative estimate of drug-likeness (QED) is 0.818. The van der Waals surface area contributed by atoms with Crippen molar-refractivity contribution in [2.24, 2.45) is 0 Å². The van der Waals surface area contributed by atoms with Crippen LogP contribution in [0.5, 0.6) is 5.75 Å². The Morgan fingerprint density at radius 1 is 1.29 bits per heavy atom. The lowest BCUT2D eigenvalue weighted by atomic mass is 10.3. The second-order valence-electron chi connectivity index (χ2n) is 4.22. The molecule has 0 aliphatic heterocycles. The molecule has 1 aromatic carbocycles. The summed E-state index contributed by atoms with van der Waals surface area (Å²) in [7, 11) is -3.52. The lowest BCUT2D eigenvalue weighted by molar-refractivity contribution is 0.469. The topological polar surface area (TPSA) is 66.4 Å². The van der Waals surface area contributed by atoms with Crippen molar-refractivity contribution in [2.45, 2.75) is 30.9 Å². The number of rotatable bonds is 3. The average molecular weight is 259 g/mol. The van der Waals surface area contributed by atoms with Crippen LogP contribution in [0.2, 0.25) is 0 Å². The molecule has 0 unspecified atom stereocenters. The van der Waals surface area contributed by atoms with Crippen LogP contribution >= 0.6 is 0 Å². The first kappa shape index (κ1) is 12.2. The van der Waals surface area contributed by atoms with Gasteiger partial charge in [0.2, 0.25) is 10.0 Å². The standard InChI is InChI=1S/C11H14FNO3S/c12-10-7-8(14)5-6-11(10)13-17(15,16)9-3-1-2-4-9/h5-7,9,13-14H,1-4H2. The van der Waals surface area contributed by atoms with Crippen molar-refractivity contribution in [3.63, 3.8) is 0 Å². The molecular formula is C11H14FNO3S. The van der Waals surface area contributed by atoms with E-state index in [-0.39, 0.29) is 11.4 Å². The Kier molecular flexibility index (Phi) is 3.24. The highest BCUT2D eigenvalue weighted by Gasteiger charge is 2.29. The summed E-state index contributed by atoms with van der Waals surface area (Å²) in [6.07, 6.45) is 3.03. The molecule has 0 radical (unpaired) electrons. The second kappa shape index (κ2) is 4.52. The van der Waals surface area contributed by atoms with Gasteiger partial charge in [-0.1, -0.05) is 12.8 Å². The van der Waals surface area contributed by atoms with Crippen LogP contribution in [0.1, 0.15) is 25.7 Å². The van der Waals surface area contributed by atoms with Gasteiger partial charge in [0.1, 0.15) is 5.75 Å². The molecule has 94 valence electrons. The van der Waals surface area contributed by atoms with Gasteiger partial charge in [-0.3, -0.25) is 4.72 Å². The highest BCUT2D eigenvalue weighted by Crippen LogP contribution is 2.27. The first-order valence-electron chi connectivity index (χ1n) is 5.49. The van der Waals surface area contributed by atoms with E-state index in [2.05, 4.69) is 4.72 Å². The Hall–Kier alpha value is -1.30. The van der Waals surface area contributed by atoms with Gasteiger partial charge in [0.05, 0.1) is 10.9 Å². The molecular weight excluding hydrogens is 245 g/mol. The molecule has 0 bridgehead atoms. The fraction of sp³-hybridized carbons (Fsp3) is 0.455. The third kappa shape index (κ3) is 2.69. The predicted octanol–water partition coefficient (Wildman–Crippen LogP) is 2.22. The Bertz CT molecular complexity index is 509. The van der Waals surface area contributed by atoms with Crippen molar-refractivity contribution in [2.75, 3.05) is 4.72 Å². The SMILES string of the molecule is O=S(=O)(Nc1ccc(O)cc1F)C1CCCC1. The van der Waals surface area contributed by atoms with Crippen LogP contribution in [-0.2, 0) is 10.0 Å². The van der Waals surface area contributed by atoms with Crippen molar-refractivity contribution < 1.29 is 17.9 Å². The molecule has 1 aliphatic rings. The molecule has 1 fully saturated rings. The number of nitrogens with one attached hydrogen (secondary N) is 1. The number of sulfonamides is 1. The number of phenols is 1. The van der Waals surface area contributed by atoms with Crippen molar-refractivity contribution in [1.29, 1.82) is 0 Å². The van der Waals surface area contributed by atoms with E-state index in [1.54, 1.807) is 0 Å². The lowest BCUT2D eigenvalue weighted by Crippen LogP contribution is -2.25. The van der Waals surface area contributed by atoms with Gasteiger partial charge in [0.15, 0.2) is 5.82 Å². The van der Waals surface area contributed by atoms with E-state index < -0.39 is 21.1 Å². The van der Waals surface area contributed by atoms with E-state index in [1.807, 2.05) is 0 Å². The fourth-order valence-electron chi connectivity index (χ4n) is 2.02. The molecule has 2 rings (SSSR count). The van der Waals surface area contributed by atoms with Crippen LogP contribution in [0.4, 0.5) is 10.1 Å². The third-order valence-corrected chi connectivity index (χ3v) is 4.80. The lowest BCUT2D eigenvalue weighted by Gasteiger charge is -2.13. The number of aromatic hydroxyl groups is 1. The third-order valence-electron chi connectivity index (χ3n) is 2.95. The molecule has 17 heavy (non-hydrogen) atoms. The number of benzene rings is 1. The van der Waals surface area contributed by atoms with Crippen molar-refractivity contribution in [1.82, 2.24) is 0 Å². The molecule has 1 saturated carbocycles. The summed E-state index contributed by atoms with van der Waals surface area (Å²) in [6.45, 7) is 0. The van der Waals surface area contributed by atoms with Crippen molar-refractivity contribution in [3.05, 3.63) is 24.0 Å². The largest absolute Gasteiger partial charge is 0.508 e. The molecule has 0 atom stereocenters. The van der Waals surface area contributed by atoms with Gasteiger partial charge in [0.25, 0.3) is 0 Å². The average Bonchev–Trinajstić information content (AvgIpc) is 2.76. The molecule has 1 aliphatic carbocycles. The van der Waals surface area contributed by atoms with Gasteiger partial charge in [-0.05, 0) is 25.0 Å². The normalized spacial score (nSPS) is 17.2. The Balaban J connectivity index is 2.19. The summed E-state index contributed by atoms with van der Waals surface area (Å²) in [5, 5.41) is 8.60. The number of anilines is 1. The van der Waals surface area contributed by atoms with Gasteiger partial charge in [-0.2, -0.15) is 0 Å². The maximum Gasteiger partial charge on any atom is 0.235 e. The molecule has 6 heteroatoms. The minimum atomic E-state index is -3.52. The molecule has 0 aromatic heterocycles. The Labute approximate surface area is 99.5 Å². The molecule has 4 nitrogen and oxygen atoms in total.